The van der Waals surface area contributed by atoms with Gasteiger partial charge in [0, 0.05) is 32.2 Å². The van der Waals surface area contributed by atoms with Gasteiger partial charge in [-0.25, -0.2) is 9.07 Å². The zero-order chi connectivity index (χ0) is 22.0. The third-order valence-electron chi connectivity index (χ3n) is 5.63. The summed E-state index contributed by atoms with van der Waals surface area (Å²) in [6.45, 7) is 3.33. The quantitative estimate of drug-likeness (QED) is 0.715. The molecule has 10 nitrogen and oxygen atoms in total. The summed E-state index contributed by atoms with van der Waals surface area (Å²) in [6, 6.07) is 6.96. The highest BCUT2D eigenvalue weighted by Crippen LogP contribution is 2.32. The lowest BCUT2D eigenvalue weighted by Gasteiger charge is -2.34. The molecule has 2 atom stereocenters. The van der Waals surface area contributed by atoms with E-state index in [9.17, 15) is 14.3 Å². The van der Waals surface area contributed by atoms with Gasteiger partial charge in [0.25, 0.3) is 0 Å². The number of anilines is 2. The summed E-state index contributed by atoms with van der Waals surface area (Å²) in [5.74, 6) is -0.550. The number of halogens is 1. The Hall–Kier alpha value is -3.23. The molecule has 1 aromatic carbocycles. The molecule has 2 aliphatic heterocycles. The minimum Gasteiger partial charge on any atom is -0.369 e. The van der Waals surface area contributed by atoms with Crippen LogP contribution in [-0.2, 0) is 9.53 Å². The van der Waals surface area contributed by atoms with Crippen molar-refractivity contribution in [3.63, 3.8) is 0 Å². The van der Waals surface area contributed by atoms with Crippen LogP contribution in [0, 0.1) is 17.1 Å². The fourth-order valence-electron chi connectivity index (χ4n) is 4.01. The number of piperidine rings is 1. The number of nitriles is 1. The van der Waals surface area contributed by atoms with Crippen LogP contribution in [0.25, 0.3) is 0 Å². The summed E-state index contributed by atoms with van der Waals surface area (Å²) in [5, 5.41) is 29.5. The van der Waals surface area contributed by atoms with E-state index in [0.29, 0.717) is 31.0 Å². The SMILES string of the molecule is CC(=O)NC[C@H]1CN(c2ccc(N3CCC(n4cc(C#N)nn4)CC3)c(F)c2)C(O)O1. The molecule has 0 saturated carbocycles. The molecule has 31 heavy (non-hydrogen) atoms. The van der Waals surface area contributed by atoms with Gasteiger partial charge in [-0.05, 0) is 31.0 Å². The van der Waals surface area contributed by atoms with Gasteiger partial charge < -0.3 is 25.0 Å². The van der Waals surface area contributed by atoms with Gasteiger partial charge in [-0.15, -0.1) is 5.10 Å². The molecule has 2 fully saturated rings. The molecule has 1 amide bonds. The Morgan fingerprint density at radius 3 is 2.84 bits per heavy atom. The van der Waals surface area contributed by atoms with Crippen LogP contribution in [0.5, 0.6) is 0 Å². The van der Waals surface area contributed by atoms with Crippen molar-refractivity contribution < 1.29 is 19.0 Å². The second-order valence-corrected chi connectivity index (χ2v) is 7.72. The first kappa shape index (κ1) is 21.0. The van der Waals surface area contributed by atoms with Crippen LogP contribution in [0.15, 0.2) is 24.4 Å². The number of amides is 1. The third-order valence-corrected chi connectivity index (χ3v) is 5.63. The monoisotopic (exact) mass is 429 g/mol. The Bertz CT molecular complexity index is 983. The topological polar surface area (TPSA) is 120 Å². The molecule has 4 rings (SSSR count). The van der Waals surface area contributed by atoms with Crippen LogP contribution in [0.4, 0.5) is 15.8 Å². The molecule has 0 aliphatic carbocycles. The number of hydrogen-bond donors (Lipinski definition) is 2. The summed E-state index contributed by atoms with van der Waals surface area (Å²) in [4.78, 5) is 14.6. The van der Waals surface area contributed by atoms with E-state index in [1.165, 1.54) is 13.0 Å². The maximum Gasteiger partial charge on any atom is 0.238 e. The molecule has 3 heterocycles. The van der Waals surface area contributed by atoms with E-state index in [1.54, 1.807) is 27.9 Å². The van der Waals surface area contributed by atoms with Crippen molar-refractivity contribution in [2.24, 2.45) is 0 Å². The van der Waals surface area contributed by atoms with E-state index in [2.05, 4.69) is 15.6 Å². The molecule has 0 bridgehead atoms. The fraction of sp³-hybridized carbons (Fsp3) is 0.500. The second-order valence-electron chi connectivity index (χ2n) is 7.72. The number of hydrogen-bond acceptors (Lipinski definition) is 8. The van der Waals surface area contributed by atoms with Crippen LogP contribution in [-0.4, -0.2) is 64.7 Å². The minimum atomic E-state index is -1.19. The molecule has 11 heteroatoms. The van der Waals surface area contributed by atoms with Gasteiger partial charge in [-0.1, -0.05) is 5.21 Å². The first-order chi connectivity index (χ1) is 14.9. The zero-order valence-electron chi connectivity index (χ0n) is 17.1. The van der Waals surface area contributed by atoms with Crippen molar-refractivity contribution in [1.29, 1.82) is 5.26 Å². The summed E-state index contributed by atoms with van der Waals surface area (Å²) < 4.78 is 22.1. The number of aromatic nitrogens is 3. The Labute approximate surface area is 178 Å². The van der Waals surface area contributed by atoms with Crippen LogP contribution in [0.1, 0.15) is 31.5 Å². The van der Waals surface area contributed by atoms with E-state index in [0.717, 1.165) is 12.8 Å². The number of nitrogens with one attached hydrogen (secondary N) is 1. The highest BCUT2D eigenvalue weighted by atomic mass is 19.1. The number of nitrogens with zero attached hydrogens (tertiary/aromatic N) is 6. The van der Waals surface area contributed by atoms with Gasteiger partial charge in [0.1, 0.15) is 11.9 Å². The number of aliphatic hydroxyl groups is 1. The third kappa shape index (κ3) is 4.60. The molecular weight excluding hydrogens is 405 g/mol. The lowest BCUT2D eigenvalue weighted by atomic mass is 10.0. The molecule has 2 N–H and O–H groups in total. The van der Waals surface area contributed by atoms with E-state index in [-0.39, 0.29) is 36.1 Å². The lowest BCUT2D eigenvalue weighted by molar-refractivity contribution is -0.121. The predicted octanol–water partition coefficient (Wildman–Crippen LogP) is 0.748. The molecule has 2 aromatic rings. The number of carbonyl (C=O) groups is 1. The molecule has 0 radical (unpaired) electrons. The van der Waals surface area contributed by atoms with Crippen LogP contribution in [0.3, 0.4) is 0 Å². The second kappa shape index (κ2) is 8.87. The van der Waals surface area contributed by atoms with Crippen molar-refractivity contribution in [2.75, 3.05) is 36.0 Å². The summed E-state index contributed by atoms with van der Waals surface area (Å²) in [6.07, 6.45) is 1.59. The van der Waals surface area contributed by atoms with Gasteiger partial charge in [0.15, 0.2) is 5.69 Å². The fourth-order valence-corrected chi connectivity index (χ4v) is 4.01. The molecular formula is C20H24FN7O3. The molecule has 164 valence electrons. The molecule has 2 saturated heterocycles. The molecule has 2 aliphatic rings. The largest absolute Gasteiger partial charge is 0.369 e. The first-order valence-corrected chi connectivity index (χ1v) is 10.2. The normalized spacial score (nSPS) is 21.9. The average Bonchev–Trinajstić information content (AvgIpc) is 3.39. The minimum absolute atomic E-state index is 0.130. The number of aliphatic hydroxyl groups excluding tert-OH is 1. The van der Waals surface area contributed by atoms with Crippen LogP contribution < -0.4 is 15.1 Å². The summed E-state index contributed by atoms with van der Waals surface area (Å²) in [7, 11) is 0. The predicted molar refractivity (Wildman–Crippen MR) is 109 cm³/mol. The van der Waals surface area contributed by atoms with Crippen LogP contribution >= 0.6 is 0 Å². The van der Waals surface area contributed by atoms with Gasteiger partial charge in [0.05, 0.1) is 30.6 Å². The van der Waals surface area contributed by atoms with Crippen LogP contribution in [0.2, 0.25) is 0 Å². The maximum absolute atomic E-state index is 14.9. The van der Waals surface area contributed by atoms with Gasteiger partial charge in [-0.2, -0.15) is 5.26 Å². The number of rotatable bonds is 5. The van der Waals surface area contributed by atoms with E-state index in [1.807, 2.05) is 11.0 Å². The Balaban J connectivity index is 1.38. The van der Waals surface area contributed by atoms with Crippen molar-refractivity contribution in [2.45, 2.75) is 38.3 Å². The molecule has 1 aromatic heterocycles. The zero-order valence-corrected chi connectivity index (χ0v) is 17.1. The van der Waals surface area contributed by atoms with E-state index in [4.69, 9.17) is 10.00 Å². The lowest BCUT2D eigenvalue weighted by Crippen LogP contribution is -2.35. The highest BCUT2D eigenvalue weighted by molar-refractivity contribution is 5.72. The summed E-state index contributed by atoms with van der Waals surface area (Å²) in [5.41, 5.74) is 1.31. The van der Waals surface area contributed by atoms with E-state index >= 15 is 0 Å². The maximum atomic E-state index is 14.9. The van der Waals surface area contributed by atoms with Gasteiger partial charge >= 0.3 is 0 Å². The van der Waals surface area contributed by atoms with Crippen molar-refractivity contribution >= 4 is 17.3 Å². The standard InChI is InChI=1S/C20H24FN7O3/c1-13(29)23-10-17-12-27(20(30)31-17)16-2-3-19(18(21)8-16)26-6-4-15(5-7-26)28-11-14(9-22)24-25-28/h2-3,8,11,15,17,20,30H,4-7,10,12H2,1H3,(H,23,29)/t17-,20?/m0/s1. The Morgan fingerprint density at radius 1 is 1.42 bits per heavy atom. The van der Waals surface area contributed by atoms with Crippen molar-refractivity contribution in [3.8, 4) is 6.07 Å². The number of carbonyl (C=O) groups excluding carboxylic acids is 1. The number of benzene rings is 1. The van der Waals surface area contributed by atoms with Gasteiger partial charge in [-0.3, -0.25) is 4.79 Å². The van der Waals surface area contributed by atoms with Crippen molar-refractivity contribution in [1.82, 2.24) is 20.3 Å². The average molecular weight is 429 g/mol. The number of ether oxygens (including phenoxy) is 1. The van der Waals surface area contributed by atoms with Gasteiger partial charge in [0.2, 0.25) is 12.3 Å². The van der Waals surface area contributed by atoms with Crippen molar-refractivity contribution in [3.05, 3.63) is 35.9 Å². The highest BCUT2D eigenvalue weighted by Gasteiger charge is 2.32. The first-order valence-electron chi connectivity index (χ1n) is 10.2. The van der Waals surface area contributed by atoms with E-state index < -0.39 is 6.41 Å². The Morgan fingerprint density at radius 2 is 2.19 bits per heavy atom. The Kier molecular flexibility index (Phi) is 6.01. The summed E-state index contributed by atoms with van der Waals surface area (Å²) >= 11 is 0. The molecule has 0 spiro atoms. The smallest absolute Gasteiger partial charge is 0.238 e. The molecule has 1 unspecified atom stereocenters.